The molecule has 13 heteroatoms. The smallest absolute Gasteiger partial charge is 0.301 e. The lowest BCUT2D eigenvalue weighted by Gasteiger charge is -2.27. The number of nitrogens with two attached hydrogens (primary N) is 1. The van der Waals surface area contributed by atoms with Gasteiger partial charge < -0.3 is 15.6 Å². The molecular weight excluding hydrogens is 416 g/mol. The van der Waals surface area contributed by atoms with Crippen molar-refractivity contribution in [1.82, 2.24) is 0 Å². The summed E-state index contributed by atoms with van der Waals surface area (Å²) < 4.78 is 5.17. The highest BCUT2D eigenvalue weighted by atomic mass is 32.2. The molecule has 0 fully saturated rings. The van der Waals surface area contributed by atoms with Gasteiger partial charge in [-0.3, -0.25) is 20.2 Å². The van der Waals surface area contributed by atoms with Gasteiger partial charge in [0.05, 0.1) is 29.1 Å². The zero-order valence-corrected chi connectivity index (χ0v) is 16.1. The first kappa shape index (κ1) is 19.4. The van der Waals surface area contributed by atoms with Crippen LogP contribution in [0.4, 0.5) is 17.1 Å². The van der Waals surface area contributed by atoms with E-state index in [1.165, 1.54) is 42.1 Å². The van der Waals surface area contributed by atoms with E-state index < -0.39 is 27.3 Å². The van der Waals surface area contributed by atoms with Crippen LogP contribution >= 0.6 is 11.8 Å². The Morgan fingerprint density at radius 1 is 1.20 bits per heavy atom. The van der Waals surface area contributed by atoms with E-state index in [2.05, 4.69) is 10.1 Å². The maximum Gasteiger partial charge on any atom is 0.301 e. The van der Waals surface area contributed by atoms with Crippen molar-refractivity contribution in [2.24, 2.45) is 15.8 Å². The molecule has 2 aromatic rings. The molecule has 0 radical (unpaired) electrons. The van der Waals surface area contributed by atoms with E-state index in [0.29, 0.717) is 16.6 Å². The molecule has 154 valence electrons. The number of non-ortho nitro benzene ring substituents is 1. The summed E-state index contributed by atoms with van der Waals surface area (Å²) in [4.78, 5) is 25.5. The first-order valence-electron chi connectivity index (χ1n) is 8.48. The zero-order valence-electron chi connectivity index (χ0n) is 15.3. The molecule has 0 saturated carbocycles. The average molecular weight is 430 g/mol. The molecule has 0 amide bonds. The van der Waals surface area contributed by atoms with Gasteiger partial charge in [0.1, 0.15) is 10.9 Å². The second-order valence-corrected chi connectivity index (χ2v) is 7.52. The van der Waals surface area contributed by atoms with Crippen molar-refractivity contribution < 1.29 is 19.7 Å². The number of ether oxygens (including phenoxy) is 1. The van der Waals surface area contributed by atoms with Gasteiger partial charge in [0.2, 0.25) is 0 Å². The van der Waals surface area contributed by atoms with E-state index in [1.807, 2.05) is 0 Å². The number of benzene rings is 2. The number of amidine groups is 2. The van der Waals surface area contributed by atoms with Gasteiger partial charge in [-0.05, 0) is 23.8 Å². The molecule has 2 aliphatic rings. The Bertz CT molecular complexity index is 1140. The van der Waals surface area contributed by atoms with Gasteiger partial charge in [-0.2, -0.15) is 5.10 Å². The summed E-state index contributed by atoms with van der Waals surface area (Å²) >= 11 is 1.25. The molecule has 4 rings (SSSR count). The molecule has 0 aliphatic carbocycles. The van der Waals surface area contributed by atoms with Gasteiger partial charge in [0.15, 0.2) is 22.5 Å². The summed E-state index contributed by atoms with van der Waals surface area (Å²) in [6.45, 7) is 0. The number of methoxy groups -OCH3 is 1. The lowest BCUT2D eigenvalue weighted by molar-refractivity contribution is -0.393. The van der Waals surface area contributed by atoms with Crippen molar-refractivity contribution in [3.8, 4) is 11.5 Å². The molecule has 2 aromatic carbocycles. The van der Waals surface area contributed by atoms with Gasteiger partial charge in [-0.15, -0.1) is 0 Å². The van der Waals surface area contributed by atoms with Crippen LogP contribution in [0.5, 0.6) is 11.5 Å². The third-order valence-corrected chi connectivity index (χ3v) is 5.70. The topological polar surface area (TPSA) is 170 Å². The molecule has 3 N–H and O–H groups in total. The van der Waals surface area contributed by atoms with E-state index in [1.54, 1.807) is 12.1 Å². The second-order valence-electron chi connectivity index (χ2n) is 6.35. The summed E-state index contributed by atoms with van der Waals surface area (Å²) in [6, 6.07) is 7.45. The summed E-state index contributed by atoms with van der Waals surface area (Å²) in [5.74, 6) is 0.529. The molecule has 2 aliphatic heterocycles. The van der Waals surface area contributed by atoms with Crippen molar-refractivity contribution in [2.75, 3.05) is 12.1 Å². The number of fused-ring (bicyclic) bond motifs is 1. The standard InChI is InChI=1S/C17H14N6O6S/c1-29-13-6-8(2-5-12(13)24)14-15-16(19-17(18)30-15)20-21(14)10-4-3-9(22(25)26)7-11(10)23(27)28/h2-7,14-15,24H,1H3,(H2,18,19,20)/t14-,15-/m1/s1. The predicted octanol–water partition coefficient (Wildman–Crippen LogP) is 2.52. The molecule has 0 aromatic heterocycles. The SMILES string of the molecule is COc1cc([C@@H]2[C@H]3SC(N)=NC3=NN2c2ccc([N+](=O)[O-])cc2[N+](=O)[O-])ccc1O. The third kappa shape index (κ3) is 3.14. The maximum absolute atomic E-state index is 11.6. The minimum absolute atomic E-state index is 0.0666. The van der Waals surface area contributed by atoms with Gasteiger partial charge >= 0.3 is 5.69 Å². The predicted molar refractivity (Wildman–Crippen MR) is 110 cm³/mol. The lowest BCUT2D eigenvalue weighted by atomic mass is 10.0. The molecule has 0 spiro atoms. The van der Waals surface area contributed by atoms with Gasteiger partial charge in [-0.25, -0.2) is 10.0 Å². The van der Waals surface area contributed by atoms with E-state index in [-0.39, 0.29) is 22.4 Å². The highest BCUT2D eigenvalue weighted by Gasteiger charge is 2.45. The monoisotopic (exact) mass is 430 g/mol. The molecule has 0 bridgehead atoms. The Hall–Kier alpha value is -3.87. The fourth-order valence-corrected chi connectivity index (χ4v) is 4.35. The van der Waals surface area contributed by atoms with Gasteiger partial charge in [0, 0.05) is 6.07 Å². The van der Waals surface area contributed by atoms with Crippen LogP contribution in [-0.4, -0.2) is 38.3 Å². The average Bonchev–Trinajstić information content (AvgIpc) is 3.23. The van der Waals surface area contributed by atoms with Crippen molar-refractivity contribution in [3.05, 3.63) is 62.2 Å². The van der Waals surface area contributed by atoms with Crippen LogP contribution in [0.15, 0.2) is 46.5 Å². The summed E-state index contributed by atoms with van der Waals surface area (Å²) in [6.07, 6.45) is 0. The molecule has 12 nitrogen and oxygen atoms in total. The van der Waals surface area contributed by atoms with Crippen LogP contribution in [-0.2, 0) is 0 Å². The van der Waals surface area contributed by atoms with Crippen LogP contribution in [0.25, 0.3) is 0 Å². The summed E-state index contributed by atoms with van der Waals surface area (Å²) in [5.41, 5.74) is 5.66. The Balaban J connectivity index is 1.87. The lowest BCUT2D eigenvalue weighted by Crippen LogP contribution is -2.27. The largest absolute Gasteiger partial charge is 0.504 e. The normalized spacial score (nSPS) is 19.8. The van der Waals surface area contributed by atoms with Crippen LogP contribution in [0.3, 0.4) is 0 Å². The molecule has 30 heavy (non-hydrogen) atoms. The van der Waals surface area contributed by atoms with Crippen molar-refractivity contribution in [2.45, 2.75) is 11.3 Å². The van der Waals surface area contributed by atoms with Gasteiger partial charge in [-0.1, -0.05) is 17.8 Å². The number of phenolic OH excluding ortho intramolecular Hbond substituents is 1. The minimum Gasteiger partial charge on any atom is -0.504 e. The summed E-state index contributed by atoms with van der Waals surface area (Å²) in [7, 11) is 1.40. The van der Waals surface area contributed by atoms with E-state index >= 15 is 0 Å². The molecular formula is C17H14N6O6S. The number of hydrogen-bond donors (Lipinski definition) is 2. The van der Waals surface area contributed by atoms with E-state index in [9.17, 15) is 25.3 Å². The molecule has 2 atom stereocenters. The first-order valence-corrected chi connectivity index (χ1v) is 9.36. The number of aromatic hydroxyl groups is 1. The number of aliphatic imine (C=N–C) groups is 1. The number of hydrazone groups is 1. The number of nitro benzene ring substituents is 2. The van der Waals surface area contributed by atoms with Crippen LogP contribution in [0.2, 0.25) is 0 Å². The summed E-state index contributed by atoms with van der Waals surface area (Å²) in [5, 5.41) is 38.4. The molecule has 2 heterocycles. The van der Waals surface area contributed by atoms with Crippen LogP contribution < -0.4 is 15.5 Å². The molecule has 0 unspecified atom stereocenters. The molecule has 0 saturated heterocycles. The Labute approximate surface area is 172 Å². The zero-order chi connectivity index (χ0) is 21.6. The Morgan fingerprint density at radius 3 is 2.63 bits per heavy atom. The number of rotatable bonds is 5. The van der Waals surface area contributed by atoms with Gasteiger partial charge in [0.25, 0.3) is 5.69 Å². The van der Waals surface area contributed by atoms with Crippen molar-refractivity contribution in [1.29, 1.82) is 0 Å². The number of thioether (sulfide) groups is 1. The van der Waals surface area contributed by atoms with Crippen LogP contribution in [0.1, 0.15) is 11.6 Å². The number of nitrogens with zero attached hydrogens (tertiary/aromatic N) is 5. The number of nitro groups is 2. The minimum atomic E-state index is -0.704. The third-order valence-electron chi connectivity index (χ3n) is 4.65. The first-order chi connectivity index (χ1) is 14.3. The van der Waals surface area contributed by atoms with E-state index in [4.69, 9.17) is 10.5 Å². The van der Waals surface area contributed by atoms with Crippen molar-refractivity contribution in [3.63, 3.8) is 0 Å². The second kappa shape index (κ2) is 7.18. The quantitative estimate of drug-likeness (QED) is 0.534. The van der Waals surface area contributed by atoms with E-state index in [0.717, 1.165) is 6.07 Å². The Morgan fingerprint density at radius 2 is 1.97 bits per heavy atom. The number of anilines is 1. The highest BCUT2D eigenvalue weighted by Crippen LogP contribution is 2.47. The highest BCUT2D eigenvalue weighted by molar-refractivity contribution is 8.15. The maximum atomic E-state index is 11.6. The van der Waals surface area contributed by atoms with Crippen LogP contribution in [0, 0.1) is 20.2 Å². The number of hydrogen-bond acceptors (Lipinski definition) is 11. The Kier molecular flexibility index (Phi) is 4.66. The fraction of sp³-hybridized carbons (Fsp3) is 0.176. The van der Waals surface area contributed by atoms with Crippen molar-refractivity contribution >= 4 is 39.8 Å². The fourth-order valence-electron chi connectivity index (χ4n) is 3.33. The number of phenols is 1.